The van der Waals surface area contributed by atoms with Crippen molar-refractivity contribution in [2.45, 2.75) is 19.3 Å². The van der Waals surface area contributed by atoms with Gasteiger partial charge in [-0.05, 0) is 159 Å². The lowest BCUT2D eigenvalue weighted by molar-refractivity contribution is 0.662. The zero-order valence-corrected chi connectivity index (χ0v) is 36.7. The highest BCUT2D eigenvalue weighted by Gasteiger charge is 2.37. The number of thiophene rings is 1. The lowest BCUT2D eigenvalue weighted by Gasteiger charge is -2.23. The van der Waals surface area contributed by atoms with Gasteiger partial charge in [-0.15, -0.1) is 11.3 Å². The van der Waals surface area contributed by atoms with E-state index in [2.05, 4.69) is 219 Å². The maximum Gasteiger partial charge on any atom is 0.0541 e. The standard InChI is InChI=1S/C63H39NS/c1-63(2)57-34-52-42-17-6-4-15-40(42)39-14-3-5-16-41(39)50(52)32-54(57)55-33-51-44-19-8-7-18-43(44)49-31-37(27-28-45(49)53(51)35-58(55)63)64-59-24-11-9-20-46(59)56-30-36(26-29-60(56)64)38-22-13-23-48-47-21-10-12-25-61(47)65-62(38)48/h3-35H,1-2H3. The van der Waals surface area contributed by atoms with Gasteiger partial charge in [-0.2, -0.15) is 0 Å². The van der Waals surface area contributed by atoms with Crippen LogP contribution in [-0.2, 0) is 5.41 Å². The van der Waals surface area contributed by atoms with Crippen LogP contribution in [0.3, 0.4) is 0 Å². The van der Waals surface area contributed by atoms with E-state index in [1.165, 1.54) is 146 Å². The van der Waals surface area contributed by atoms with Gasteiger partial charge < -0.3 is 4.57 Å². The number of fused-ring (bicyclic) bond motifs is 21. The second-order valence-corrected chi connectivity index (χ2v) is 19.8. The normalized spacial score (nSPS) is 13.5. The van der Waals surface area contributed by atoms with Crippen molar-refractivity contribution in [1.29, 1.82) is 0 Å². The monoisotopic (exact) mass is 841 g/mol. The molecule has 2 heteroatoms. The van der Waals surface area contributed by atoms with Crippen LogP contribution >= 0.6 is 11.3 Å². The van der Waals surface area contributed by atoms with Crippen LogP contribution < -0.4 is 0 Å². The number of nitrogens with zero attached hydrogens (tertiary/aromatic N) is 1. The highest BCUT2D eigenvalue weighted by molar-refractivity contribution is 7.26. The number of hydrogen-bond donors (Lipinski definition) is 0. The summed E-state index contributed by atoms with van der Waals surface area (Å²) in [6.07, 6.45) is 0. The van der Waals surface area contributed by atoms with Crippen molar-refractivity contribution < 1.29 is 0 Å². The molecule has 0 atom stereocenters. The van der Waals surface area contributed by atoms with Gasteiger partial charge in [0.15, 0.2) is 0 Å². The summed E-state index contributed by atoms with van der Waals surface area (Å²) >= 11 is 1.90. The molecule has 1 aliphatic carbocycles. The lowest BCUT2D eigenvalue weighted by atomic mass is 9.80. The van der Waals surface area contributed by atoms with Crippen LogP contribution in [0.5, 0.6) is 0 Å². The minimum Gasteiger partial charge on any atom is -0.309 e. The molecule has 0 unspecified atom stereocenters. The molecule has 12 aromatic carbocycles. The van der Waals surface area contributed by atoms with Crippen LogP contribution in [0.15, 0.2) is 200 Å². The SMILES string of the molecule is CC1(C)c2cc3c4ccccc4c4ccccc4c3cc2-c2cc3c4ccccc4c4cc(-n5c6ccccc6c6cc(-c7cccc8c7sc7ccccc78)ccc65)ccc4c3cc21. The van der Waals surface area contributed by atoms with Crippen LogP contribution in [0.4, 0.5) is 0 Å². The third-order valence-electron chi connectivity index (χ3n) is 15.1. The molecular formula is C63H39NS. The van der Waals surface area contributed by atoms with Crippen molar-refractivity contribution in [3.8, 4) is 27.9 Å². The summed E-state index contributed by atoms with van der Waals surface area (Å²) in [5, 5.41) is 20.9. The van der Waals surface area contributed by atoms with Gasteiger partial charge in [0.25, 0.3) is 0 Å². The Labute approximate surface area is 379 Å². The minimum absolute atomic E-state index is 0.179. The van der Waals surface area contributed by atoms with Gasteiger partial charge in [0.1, 0.15) is 0 Å². The average molecular weight is 842 g/mol. The first-order valence-corrected chi connectivity index (χ1v) is 23.6. The summed E-state index contributed by atoms with van der Waals surface area (Å²) in [5.74, 6) is 0. The fourth-order valence-corrected chi connectivity index (χ4v) is 13.3. The van der Waals surface area contributed by atoms with E-state index in [1.807, 2.05) is 11.3 Å². The second-order valence-electron chi connectivity index (χ2n) is 18.7. The van der Waals surface area contributed by atoms with E-state index < -0.39 is 0 Å². The zero-order valence-electron chi connectivity index (χ0n) is 35.9. The van der Waals surface area contributed by atoms with Crippen LogP contribution in [0.1, 0.15) is 25.0 Å². The van der Waals surface area contributed by atoms with Gasteiger partial charge in [0, 0.05) is 42.0 Å². The van der Waals surface area contributed by atoms with Crippen molar-refractivity contribution in [2.75, 3.05) is 0 Å². The smallest absolute Gasteiger partial charge is 0.0541 e. The predicted octanol–water partition coefficient (Wildman–Crippen LogP) is 18.0. The molecule has 0 spiro atoms. The van der Waals surface area contributed by atoms with Crippen LogP contribution in [0.25, 0.3) is 135 Å². The van der Waals surface area contributed by atoms with Crippen LogP contribution in [0, 0.1) is 0 Å². The van der Waals surface area contributed by atoms with Gasteiger partial charge in [-0.25, -0.2) is 0 Å². The lowest BCUT2D eigenvalue weighted by Crippen LogP contribution is -2.15. The van der Waals surface area contributed by atoms with E-state index in [9.17, 15) is 0 Å². The molecule has 1 nitrogen and oxygen atoms in total. The number of hydrogen-bond acceptors (Lipinski definition) is 1. The third kappa shape index (κ3) is 4.72. The van der Waals surface area contributed by atoms with Gasteiger partial charge in [0.2, 0.25) is 0 Å². The van der Waals surface area contributed by atoms with E-state index in [4.69, 9.17) is 0 Å². The Balaban J connectivity index is 0.944. The number of aromatic nitrogens is 1. The highest BCUT2D eigenvalue weighted by atomic mass is 32.1. The summed E-state index contributed by atoms with van der Waals surface area (Å²) in [7, 11) is 0. The Morgan fingerprint density at radius 1 is 0.323 bits per heavy atom. The Morgan fingerprint density at radius 2 is 0.800 bits per heavy atom. The molecule has 0 radical (unpaired) electrons. The molecule has 0 saturated carbocycles. The Bertz CT molecular complexity index is 4440. The molecule has 0 amide bonds. The first kappa shape index (κ1) is 35.7. The van der Waals surface area contributed by atoms with Crippen molar-refractivity contribution in [3.05, 3.63) is 211 Å². The fourth-order valence-electron chi connectivity index (χ4n) is 12.1. The molecule has 15 rings (SSSR count). The minimum atomic E-state index is -0.179. The van der Waals surface area contributed by atoms with E-state index >= 15 is 0 Å². The molecule has 2 aromatic heterocycles. The number of benzene rings is 12. The molecule has 0 fully saturated rings. The Hall–Kier alpha value is -7.78. The van der Waals surface area contributed by atoms with E-state index in [-0.39, 0.29) is 5.41 Å². The largest absolute Gasteiger partial charge is 0.309 e. The van der Waals surface area contributed by atoms with Crippen LogP contribution in [-0.4, -0.2) is 4.57 Å². The van der Waals surface area contributed by atoms with Gasteiger partial charge in [0.05, 0.1) is 11.0 Å². The van der Waals surface area contributed by atoms with Crippen molar-refractivity contribution in [3.63, 3.8) is 0 Å². The van der Waals surface area contributed by atoms with Crippen LogP contribution in [0.2, 0.25) is 0 Å². The second kappa shape index (κ2) is 12.7. The van der Waals surface area contributed by atoms with Gasteiger partial charge in [-0.1, -0.05) is 153 Å². The summed E-state index contributed by atoms with van der Waals surface area (Å²) in [6.45, 7) is 4.85. The van der Waals surface area contributed by atoms with Gasteiger partial charge in [-0.3, -0.25) is 0 Å². The Morgan fingerprint density at radius 3 is 1.43 bits per heavy atom. The molecular weight excluding hydrogens is 803 g/mol. The number of rotatable bonds is 2. The van der Waals surface area contributed by atoms with E-state index in [0.717, 1.165) is 0 Å². The predicted molar refractivity (Wildman–Crippen MR) is 282 cm³/mol. The molecule has 65 heavy (non-hydrogen) atoms. The summed E-state index contributed by atoms with van der Waals surface area (Å²) in [5.41, 5.74) is 11.5. The molecule has 2 heterocycles. The molecule has 0 N–H and O–H groups in total. The fraction of sp³-hybridized carbons (Fsp3) is 0.0476. The van der Waals surface area contributed by atoms with E-state index in [1.54, 1.807) is 0 Å². The molecule has 14 aromatic rings. The average Bonchev–Trinajstić information content (AvgIpc) is 3.98. The first-order valence-electron chi connectivity index (χ1n) is 22.7. The third-order valence-corrected chi connectivity index (χ3v) is 16.3. The molecule has 0 aliphatic heterocycles. The summed E-state index contributed by atoms with van der Waals surface area (Å²) < 4.78 is 5.16. The molecule has 0 bridgehead atoms. The Kier molecular flexibility index (Phi) is 6.96. The first-order chi connectivity index (χ1) is 32.0. The van der Waals surface area contributed by atoms with E-state index in [0.29, 0.717) is 0 Å². The van der Waals surface area contributed by atoms with Crippen molar-refractivity contribution >= 4 is 118 Å². The molecule has 0 saturated heterocycles. The topological polar surface area (TPSA) is 4.93 Å². The zero-order chi connectivity index (χ0) is 42.7. The van der Waals surface area contributed by atoms with Crippen molar-refractivity contribution in [2.24, 2.45) is 0 Å². The molecule has 1 aliphatic rings. The van der Waals surface area contributed by atoms with Gasteiger partial charge >= 0.3 is 0 Å². The maximum absolute atomic E-state index is 2.54. The quantitative estimate of drug-likeness (QED) is 0.153. The van der Waals surface area contributed by atoms with Crippen molar-refractivity contribution in [1.82, 2.24) is 4.57 Å². The maximum atomic E-state index is 2.54. The highest BCUT2D eigenvalue weighted by Crippen LogP contribution is 2.54. The number of para-hydroxylation sites is 1. The summed E-state index contributed by atoms with van der Waals surface area (Å²) in [4.78, 5) is 0. The molecule has 302 valence electrons. The summed E-state index contributed by atoms with van der Waals surface area (Å²) in [6, 6.07) is 75.8.